The van der Waals surface area contributed by atoms with Gasteiger partial charge in [-0.25, -0.2) is 18.1 Å². The van der Waals surface area contributed by atoms with Crippen LogP contribution in [-0.4, -0.2) is 39.0 Å². The van der Waals surface area contributed by atoms with E-state index < -0.39 is 10.0 Å². The fourth-order valence-corrected chi connectivity index (χ4v) is 4.16. The van der Waals surface area contributed by atoms with Crippen LogP contribution < -0.4 is 9.46 Å². The van der Waals surface area contributed by atoms with Gasteiger partial charge in [0.15, 0.2) is 0 Å². The normalized spacial score (nSPS) is 16.6. The summed E-state index contributed by atoms with van der Waals surface area (Å²) in [5, 5.41) is 0.536. The predicted octanol–water partition coefficient (Wildman–Crippen LogP) is 1.84. The molecule has 23 heavy (non-hydrogen) atoms. The monoisotopic (exact) mass is 336 g/mol. The summed E-state index contributed by atoms with van der Waals surface area (Å²) in [5.41, 5.74) is 1.63. The Morgan fingerprint density at radius 1 is 1.30 bits per heavy atom. The van der Waals surface area contributed by atoms with Gasteiger partial charge in [-0.1, -0.05) is 18.2 Å². The first-order valence-corrected chi connectivity index (χ1v) is 9.13. The van der Waals surface area contributed by atoms with E-state index in [9.17, 15) is 8.42 Å². The summed E-state index contributed by atoms with van der Waals surface area (Å²) in [6.45, 7) is 1.22. The molecule has 7 heteroatoms. The number of benzene rings is 1. The van der Waals surface area contributed by atoms with Gasteiger partial charge in [0, 0.05) is 31.2 Å². The van der Waals surface area contributed by atoms with Crippen molar-refractivity contribution in [2.45, 2.75) is 24.6 Å². The number of fused-ring (bicyclic) bond motifs is 1. The third-order valence-electron chi connectivity index (χ3n) is 4.06. The van der Waals surface area contributed by atoms with Crippen molar-refractivity contribution in [2.75, 3.05) is 20.3 Å². The van der Waals surface area contributed by atoms with E-state index in [4.69, 9.17) is 9.47 Å². The Hall–Kier alpha value is -1.70. The van der Waals surface area contributed by atoms with Crippen LogP contribution >= 0.6 is 0 Å². The molecule has 0 saturated carbocycles. The molecule has 1 aliphatic heterocycles. The second-order valence-electron chi connectivity index (χ2n) is 5.52. The van der Waals surface area contributed by atoms with Gasteiger partial charge >= 0.3 is 0 Å². The molecule has 0 unspecified atom stereocenters. The lowest BCUT2D eigenvalue weighted by Crippen LogP contribution is -2.37. The van der Waals surface area contributed by atoms with Crippen molar-refractivity contribution in [3.8, 4) is 5.88 Å². The molecule has 1 aliphatic rings. The Morgan fingerprint density at radius 2 is 2.04 bits per heavy atom. The van der Waals surface area contributed by atoms with Gasteiger partial charge in [-0.15, -0.1) is 0 Å². The smallest absolute Gasteiger partial charge is 0.214 e. The molecule has 1 fully saturated rings. The molecule has 1 saturated heterocycles. The van der Waals surface area contributed by atoms with Crippen molar-refractivity contribution in [3.63, 3.8) is 0 Å². The molecule has 0 spiro atoms. The van der Waals surface area contributed by atoms with Gasteiger partial charge < -0.3 is 9.47 Å². The van der Waals surface area contributed by atoms with E-state index in [0.717, 1.165) is 16.5 Å². The number of nitrogens with zero attached hydrogens (tertiary/aromatic N) is 1. The SMILES string of the molecule is COc1cc(CNS(=O)(=O)C2CCOCC2)c2ccccc2n1. The van der Waals surface area contributed by atoms with Crippen LogP contribution in [0.5, 0.6) is 5.88 Å². The number of hydrogen-bond acceptors (Lipinski definition) is 5. The Morgan fingerprint density at radius 3 is 2.78 bits per heavy atom. The summed E-state index contributed by atoms with van der Waals surface area (Å²) in [4.78, 5) is 4.37. The Labute approximate surface area is 135 Å². The summed E-state index contributed by atoms with van der Waals surface area (Å²) in [7, 11) is -1.81. The van der Waals surface area contributed by atoms with Crippen LogP contribution in [0.3, 0.4) is 0 Å². The first-order chi connectivity index (χ1) is 11.1. The fraction of sp³-hybridized carbons (Fsp3) is 0.438. The van der Waals surface area contributed by atoms with Crippen molar-refractivity contribution in [2.24, 2.45) is 0 Å². The number of aromatic nitrogens is 1. The van der Waals surface area contributed by atoms with E-state index >= 15 is 0 Å². The van der Waals surface area contributed by atoms with Crippen LogP contribution in [-0.2, 0) is 21.3 Å². The lowest BCUT2D eigenvalue weighted by atomic mass is 10.1. The zero-order chi connectivity index (χ0) is 16.3. The summed E-state index contributed by atoms with van der Waals surface area (Å²) < 4.78 is 38.0. The number of hydrogen-bond donors (Lipinski definition) is 1. The third-order valence-corrected chi connectivity index (χ3v) is 5.95. The van der Waals surface area contributed by atoms with Crippen molar-refractivity contribution in [1.29, 1.82) is 0 Å². The molecule has 0 bridgehead atoms. The van der Waals surface area contributed by atoms with E-state index in [1.165, 1.54) is 0 Å². The number of rotatable bonds is 5. The highest BCUT2D eigenvalue weighted by molar-refractivity contribution is 7.90. The highest BCUT2D eigenvalue weighted by Crippen LogP contribution is 2.22. The molecular weight excluding hydrogens is 316 g/mol. The highest BCUT2D eigenvalue weighted by Gasteiger charge is 2.27. The van der Waals surface area contributed by atoms with E-state index in [0.29, 0.717) is 31.9 Å². The molecule has 0 atom stereocenters. The van der Waals surface area contributed by atoms with Crippen LogP contribution in [0, 0.1) is 0 Å². The van der Waals surface area contributed by atoms with Crippen LogP contribution in [0.2, 0.25) is 0 Å². The first kappa shape index (κ1) is 16.2. The summed E-state index contributed by atoms with van der Waals surface area (Å²) in [5.74, 6) is 0.476. The molecule has 1 N–H and O–H groups in total. The molecular formula is C16H20N2O4S. The average molecular weight is 336 g/mol. The molecule has 2 heterocycles. The zero-order valence-electron chi connectivity index (χ0n) is 13.0. The van der Waals surface area contributed by atoms with Gasteiger partial charge in [-0.3, -0.25) is 0 Å². The van der Waals surface area contributed by atoms with E-state index in [1.807, 2.05) is 24.3 Å². The predicted molar refractivity (Wildman–Crippen MR) is 87.9 cm³/mol. The van der Waals surface area contributed by atoms with Crippen molar-refractivity contribution < 1.29 is 17.9 Å². The average Bonchev–Trinajstić information content (AvgIpc) is 2.60. The van der Waals surface area contributed by atoms with Gasteiger partial charge in [0.1, 0.15) is 0 Å². The second kappa shape index (κ2) is 6.82. The minimum Gasteiger partial charge on any atom is -0.481 e. The van der Waals surface area contributed by atoms with Crippen molar-refractivity contribution in [3.05, 3.63) is 35.9 Å². The summed E-state index contributed by atoms with van der Waals surface area (Å²) in [6, 6.07) is 9.39. The standard InChI is InChI=1S/C16H20N2O4S/c1-21-16-10-12(14-4-2-3-5-15(14)18-16)11-17-23(19,20)13-6-8-22-9-7-13/h2-5,10,13,17H,6-9,11H2,1H3. The van der Waals surface area contributed by atoms with E-state index in [-0.39, 0.29) is 11.8 Å². The number of para-hydroxylation sites is 1. The first-order valence-electron chi connectivity index (χ1n) is 7.59. The third kappa shape index (κ3) is 3.63. The van der Waals surface area contributed by atoms with Crippen LogP contribution in [0.15, 0.2) is 30.3 Å². The topological polar surface area (TPSA) is 77.5 Å². The highest BCUT2D eigenvalue weighted by atomic mass is 32.2. The van der Waals surface area contributed by atoms with Crippen LogP contribution in [0.4, 0.5) is 0 Å². The molecule has 2 aromatic rings. The minimum atomic E-state index is -3.36. The lowest BCUT2D eigenvalue weighted by molar-refractivity contribution is 0.0981. The van der Waals surface area contributed by atoms with Gasteiger partial charge in [0.2, 0.25) is 15.9 Å². The molecule has 3 rings (SSSR count). The van der Waals surface area contributed by atoms with E-state index in [1.54, 1.807) is 13.2 Å². The van der Waals surface area contributed by atoms with Gasteiger partial charge in [0.05, 0.1) is 17.9 Å². The molecule has 1 aromatic heterocycles. The summed E-state index contributed by atoms with van der Waals surface area (Å²) in [6.07, 6.45) is 1.07. The van der Waals surface area contributed by atoms with Gasteiger partial charge in [0.25, 0.3) is 0 Å². The molecule has 6 nitrogen and oxygen atoms in total. The number of sulfonamides is 1. The number of nitrogens with one attached hydrogen (secondary N) is 1. The van der Waals surface area contributed by atoms with E-state index in [2.05, 4.69) is 9.71 Å². The van der Waals surface area contributed by atoms with Crippen molar-refractivity contribution in [1.82, 2.24) is 9.71 Å². The Kier molecular flexibility index (Phi) is 4.79. The number of ether oxygens (including phenoxy) is 2. The van der Waals surface area contributed by atoms with Gasteiger partial charge in [-0.2, -0.15) is 0 Å². The maximum absolute atomic E-state index is 12.4. The Balaban J connectivity index is 1.83. The second-order valence-corrected chi connectivity index (χ2v) is 7.56. The lowest BCUT2D eigenvalue weighted by Gasteiger charge is -2.22. The molecule has 0 radical (unpaired) electrons. The molecule has 124 valence electrons. The molecule has 0 aliphatic carbocycles. The van der Waals surface area contributed by atoms with Crippen molar-refractivity contribution >= 4 is 20.9 Å². The minimum absolute atomic E-state index is 0.221. The largest absolute Gasteiger partial charge is 0.481 e. The fourth-order valence-electron chi connectivity index (χ4n) is 2.75. The maximum Gasteiger partial charge on any atom is 0.214 e. The van der Waals surface area contributed by atoms with Gasteiger partial charge in [-0.05, 0) is 24.5 Å². The maximum atomic E-state index is 12.4. The number of methoxy groups -OCH3 is 1. The quantitative estimate of drug-likeness (QED) is 0.901. The molecule has 1 aromatic carbocycles. The summed E-state index contributed by atoms with van der Waals surface area (Å²) >= 11 is 0. The van der Waals surface area contributed by atoms with Crippen LogP contribution in [0.1, 0.15) is 18.4 Å². The van der Waals surface area contributed by atoms with Crippen LogP contribution in [0.25, 0.3) is 10.9 Å². The molecule has 0 amide bonds. The zero-order valence-corrected chi connectivity index (χ0v) is 13.8. The Bertz CT molecular complexity index is 786. The number of pyridine rings is 1.